The summed E-state index contributed by atoms with van der Waals surface area (Å²) in [6, 6.07) is 12.6. The smallest absolute Gasteiger partial charge is 0.123 e. The maximum Gasteiger partial charge on any atom is 0.123 e. The zero-order chi connectivity index (χ0) is 14.3. The van der Waals surface area contributed by atoms with Crippen LogP contribution in [0.2, 0.25) is 5.02 Å². The van der Waals surface area contributed by atoms with Crippen LogP contribution in [0.5, 0.6) is 0 Å². The first-order valence-corrected chi connectivity index (χ1v) is 7.24. The van der Waals surface area contributed by atoms with Crippen molar-refractivity contribution < 1.29 is 4.39 Å². The minimum Gasteiger partial charge on any atom is -0.318 e. The standard InChI is InChI=1S/C17H17ClFN/c1-11-8-9-17(20,14-5-3-2-4-13(11)14)15-10-12(19)6-7-16(15)18/h2-7,10-11H,8-9,20H2,1H3. The normalized spacial score (nSPS) is 25.3. The zero-order valence-electron chi connectivity index (χ0n) is 11.4. The molecule has 0 radical (unpaired) electrons. The molecule has 1 nitrogen and oxygen atoms in total. The molecule has 0 saturated carbocycles. The van der Waals surface area contributed by atoms with Gasteiger partial charge in [-0.3, -0.25) is 0 Å². The van der Waals surface area contributed by atoms with Gasteiger partial charge in [0.1, 0.15) is 5.82 Å². The molecule has 0 fully saturated rings. The van der Waals surface area contributed by atoms with Crippen molar-refractivity contribution in [2.24, 2.45) is 5.73 Å². The summed E-state index contributed by atoms with van der Waals surface area (Å²) in [5, 5.41) is 0.526. The fourth-order valence-corrected chi connectivity index (χ4v) is 3.47. The van der Waals surface area contributed by atoms with Crippen LogP contribution in [0.3, 0.4) is 0 Å². The number of hydrogen-bond donors (Lipinski definition) is 1. The Morgan fingerprint density at radius 1 is 1.20 bits per heavy atom. The Morgan fingerprint density at radius 3 is 2.75 bits per heavy atom. The average Bonchev–Trinajstić information content (AvgIpc) is 2.46. The molecule has 0 bridgehead atoms. The first-order valence-electron chi connectivity index (χ1n) is 6.86. The summed E-state index contributed by atoms with van der Waals surface area (Å²) >= 11 is 6.28. The van der Waals surface area contributed by atoms with Crippen molar-refractivity contribution in [3.05, 3.63) is 70.0 Å². The molecule has 2 unspecified atom stereocenters. The molecule has 20 heavy (non-hydrogen) atoms. The van der Waals surface area contributed by atoms with Crippen molar-refractivity contribution in [3.8, 4) is 0 Å². The minimum atomic E-state index is -0.706. The van der Waals surface area contributed by atoms with Crippen molar-refractivity contribution in [1.29, 1.82) is 0 Å². The van der Waals surface area contributed by atoms with Gasteiger partial charge in [-0.2, -0.15) is 0 Å². The Hall–Kier alpha value is -1.38. The third kappa shape index (κ3) is 2.04. The van der Waals surface area contributed by atoms with E-state index in [0.29, 0.717) is 16.5 Å². The van der Waals surface area contributed by atoms with Gasteiger partial charge in [0.2, 0.25) is 0 Å². The second-order valence-corrected chi connectivity index (χ2v) is 6.03. The van der Waals surface area contributed by atoms with Crippen LogP contribution in [0.15, 0.2) is 42.5 Å². The molecule has 0 amide bonds. The van der Waals surface area contributed by atoms with Gasteiger partial charge in [-0.1, -0.05) is 42.8 Å². The van der Waals surface area contributed by atoms with Gasteiger partial charge >= 0.3 is 0 Å². The van der Waals surface area contributed by atoms with Gasteiger partial charge in [-0.25, -0.2) is 4.39 Å². The lowest BCUT2D eigenvalue weighted by molar-refractivity contribution is 0.410. The first-order chi connectivity index (χ1) is 9.52. The van der Waals surface area contributed by atoms with Crippen molar-refractivity contribution in [3.63, 3.8) is 0 Å². The van der Waals surface area contributed by atoms with Crippen LogP contribution >= 0.6 is 11.6 Å². The molecule has 0 aromatic heterocycles. The van der Waals surface area contributed by atoms with E-state index in [-0.39, 0.29) is 5.82 Å². The fourth-order valence-electron chi connectivity index (χ4n) is 3.19. The van der Waals surface area contributed by atoms with E-state index in [4.69, 9.17) is 17.3 Å². The SMILES string of the molecule is CC1CCC(N)(c2cc(F)ccc2Cl)c2ccccc21. The first kappa shape index (κ1) is 13.6. The lowest BCUT2D eigenvalue weighted by Gasteiger charge is -2.39. The molecule has 1 aliphatic carbocycles. The van der Waals surface area contributed by atoms with Crippen molar-refractivity contribution >= 4 is 11.6 Å². The van der Waals surface area contributed by atoms with Crippen molar-refractivity contribution in [2.75, 3.05) is 0 Å². The second kappa shape index (κ2) is 4.87. The van der Waals surface area contributed by atoms with E-state index in [9.17, 15) is 4.39 Å². The molecule has 2 atom stereocenters. The monoisotopic (exact) mass is 289 g/mol. The highest BCUT2D eigenvalue weighted by Crippen LogP contribution is 2.45. The molecule has 0 aliphatic heterocycles. The van der Waals surface area contributed by atoms with Gasteiger partial charge in [0.15, 0.2) is 0 Å². The van der Waals surface area contributed by atoms with E-state index in [2.05, 4.69) is 13.0 Å². The van der Waals surface area contributed by atoms with Crippen LogP contribution in [0.1, 0.15) is 42.4 Å². The third-order valence-electron chi connectivity index (χ3n) is 4.35. The number of benzene rings is 2. The lowest BCUT2D eigenvalue weighted by atomic mass is 9.70. The Kier molecular flexibility index (Phi) is 3.31. The molecule has 0 heterocycles. The van der Waals surface area contributed by atoms with Crippen molar-refractivity contribution in [1.82, 2.24) is 0 Å². The highest BCUT2D eigenvalue weighted by Gasteiger charge is 2.38. The highest BCUT2D eigenvalue weighted by atomic mass is 35.5. The van der Waals surface area contributed by atoms with E-state index in [0.717, 1.165) is 18.4 Å². The van der Waals surface area contributed by atoms with Crippen LogP contribution < -0.4 is 5.73 Å². The summed E-state index contributed by atoms with van der Waals surface area (Å²) in [5.41, 5.74) is 8.94. The molecule has 3 heteroatoms. The topological polar surface area (TPSA) is 26.0 Å². The van der Waals surface area contributed by atoms with Crippen molar-refractivity contribution in [2.45, 2.75) is 31.2 Å². The zero-order valence-corrected chi connectivity index (χ0v) is 12.1. The van der Waals surface area contributed by atoms with Gasteiger partial charge in [0.25, 0.3) is 0 Å². The lowest BCUT2D eigenvalue weighted by Crippen LogP contribution is -2.42. The number of rotatable bonds is 1. The van der Waals surface area contributed by atoms with Gasteiger partial charge in [-0.05, 0) is 53.6 Å². The molecular weight excluding hydrogens is 273 g/mol. The van der Waals surface area contributed by atoms with E-state index in [1.165, 1.54) is 17.7 Å². The Morgan fingerprint density at radius 2 is 1.95 bits per heavy atom. The van der Waals surface area contributed by atoms with Gasteiger partial charge in [-0.15, -0.1) is 0 Å². The maximum atomic E-state index is 13.6. The molecule has 2 aromatic carbocycles. The van der Waals surface area contributed by atoms with Gasteiger partial charge in [0, 0.05) is 5.02 Å². The van der Waals surface area contributed by atoms with Gasteiger partial charge in [0.05, 0.1) is 5.54 Å². The molecular formula is C17H17ClFN. The molecule has 104 valence electrons. The van der Waals surface area contributed by atoms with Gasteiger partial charge < -0.3 is 5.73 Å². The van der Waals surface area contributed by atoms with E-state index in [1.807, 2.05) is 18.2 Å². The molecule has 2 N–H and O–H groups in total. The van der Waals surface area contributed by atoms with Crippen LogP contribution in [-0.4, -0.2) is 0 Å². The van der Waals surface area contributed by atoms with Crippen LogP contribution in [-0.2, 0) is 5.54 Å². The highest BCUT2D eigenvalue weighted by molar-refractivity contribution is 6.31. The number of halogens is 2. The summed E-state index contributed by atoms with van der Waals surface area (Å²) < 4.78 is 13.6. The second-order valence-electron chi connectivity index (χ2n) is 5.62. The number of fused-ring (bicyclic) bond motifs is 1. The molecule has 0 saturated heterocycles. The fraction of sp³-hybridized carbons (Fsp3) is 0.294. The molecule has 3 rings (SSSR count). The Bertz CT molecular complexity index is 655. The van der Waals surface area contributed by atoms with E-state index in [1.54, 1.807) is 6.07 Å². The molecule has 1 aliphatic rings. The summed E-state index contributed by atoms with van der Waals surface area (Å²) in [6.07, 6.45) is 1.74. The molecule has 2 aromatic rings. The largest absolute Gasteiger partial charge is 0.318 e. The predicted octanol–water partition coefficient (Wildman–Crippen LogP) is 4.58. The summed E-state index contributed by atoms with van der Waals surface area (Å²) in [6.45, 7) is 2.20. The average molecular weight is 290 g/mol. The third-order valence-corrected chi connectivity index (χ3v) is 4.68. The summed E-state index contributed by atoms with van der Waals surface area (Å²) in [5.74, 6) is 0.167. The minimum absolute atomic E-state index is 0.301. The van der Waals surface area contributed by atoms with E-state index >= 15 is 0 Å². The summed E-state index contributed by atoms with van der Waals surface area (Å²) in [4.78, 5) is 0. The van der Waals surface area contributed by atoms with Crippen LogP contribution in [0.25, 0.3) is 0 Å². The maximum absolute atomic E-state index is 13.6. The van der Waals surface area contributed by atoms with Crippen LogP contribution in [0, 0.1) is 5.82 Å². The quantitative estimate of drug-likeness (QED) is 0.817. The predicted molar refractivity (Wildman–Crippen MR) is 80.5 cm³/mol. The summed E-state index contributed by atoms with van der Waals surface area (Å²) in [7, 11) is 0. The Labute approximate surface area is 123 Å². The van der Waals surface area contributed by atoms with E-state index < -0.39 is 5.54 Å². The number of hydrogen-bond acceptors (Lipinski definition) is 1. The van der Waals surface area contributed by atoms with Crippen LogP contribution in [0.4, 0.5) is 4.39 Å². The molecule has 0 spiro atoms. The number of nitrogens with two attached hydrogens (primary N) is 1. The Balaban J connectivity index is 2.22.